The SMILES string of the molecule is CCCN(CC)CCNc1cc(NCc2ccccc2)n2ncc(C(C)C)c2n1. The molecular weight excluding hydrogens is 360 g/mol. The number of nitrogens with zero attached hydrogens (tertiary/aromatic N) is 4. The van der Waals surface area contributed by atoms with E-state index in [2.05, 4.69) is 78.7 Å². The molecule has 2 N–H and O–H groups in total. The highest BCUT2D eigenvalue weighted by molar-refractivity contribution is 5.61. The lowest BCUT2D eigenvalue weighted by Gasteiger charge is -2.20. The van der Waals surface area contributed by atoms with Gasteiger partial charge >= 0.3 is 0 Å². The molecule has 0 aliphatic rings. The fourth-order valence-corrected chi connectivity index (χ4v) is 3.48. The Morgan fingerprint density at radius 2 is 1.86 bits per heavy atom. The van der Waals surface area contributed by atoms with Crippen molar-refractivity contribution in [2.75, 3.05) is 36.8 Å². The number of hydrogen-bond acceptors (Lipinski definition) is 5. The van der Waals surface area contributed by atoms with Gasteiger partial charge < -0.3 is 15.5 Å². The Balaban J connectivity index is 1.80. The van der Waals surface area contributed by atoms with Gasteiger partial charge in [-0.2, -0.15) is 9.61 Å². The second-order valence-corrected chi connectivity index (χ2v) is 7.72. The zero-order valence-corrected chi connectivity index (χ0v) is 18.2. The van der Waals surface area contributed by atoms with E-state index < -0.39 is 0 Å². The van der Waals surface area contributed by atoms with E-state index in [9.17, 15) is 0 Å². The molecular formula is C23H34N6. The van der Waals surface area contributed by atoms with Gasteiger partial charge in [0, 0.05) is 31.3 Å². The smallest absolute Gasteiger partial charge is 0.163 e. The molecule has 0 saturated heterocycles. The molecule has 0 radical (unpaired) electrons. The van der Waals surface area contributed by atoms with E-state index in [0.717, 1.165) is 55.6 Å². The molecule has 0 bridgehead atoms. The van der Waals surface area contributed by atoms with Crippen LogP contribution < -0.4 is 10.6 Å². The molecule has 1 aromatic carbocycles. The van der Waals surface area contributed by atoms with Crippen LogP contribution >= 0.6 is 0 Å². The van der Waals surface area contributed by atoms with E-state index in [1.807, 2.05) is 16.8 Å². The van der Waals surface area contributed by atoms with Crippen LogP contribution in [0.5, 0.6) is 0 Å². The maximum atomic E-state index is 4.87. The molecule has 0 aliphatic heterocycles. The topological polar surface area (TPSA) is 57.5 Å². The van der Waals surface area contributed by atoms with Gasteiger partial charge in [0.15, 0.2) is 5.65 Å². The summed E-state index contributed by atoms with van der Waals surface area (Å²) in [6.07, 6.45) is 3.11. The molecule has 0 spiro atoms. The zero-order chi connectivity index (χ0) is 20.6. The highest BCUT2D eigenvalue weighted by Crippen LogP contribution is 2.24. The third-order valence-electron chi connectivity index (χ3n) is 5.16. The Morgan fingerprint density at radius 1 is 1.07 bits per heavy atom. The number of hydrogen-bond donors (Lipinski definition) is 2. The molecule has 0 fully saturated rings. The Kier molecular flexibility index (Phi) is 7.47. The van der Waals surface area contributed by atoms with Crippen molar-refractivity contribution in [1.29, 1.82) is 0 Å². The van der Waals surface area contributed by atoms with Crippen molar-refractivity contribution in [3.8, 4) is 0 Å². The number of benzene rings is 1. The summed E-state index contributed by atoms with van der Waals surface area (Å²) in [4.78, 5) is 7.33. The van der Waals surface area contributed by atoms with Crippen LogP contribution in [0.3, 0.4) is 0 Å². The first-order valence-electron chi connectivity index (χ1n) is 10.7. The van der Waals surface area contributed by atoms with E-state index in [1.54, 1.807) is 0 Å². The van der Waals surface area contributed by atoms with Crippen LogP contribution in [0.25, 0.3) is 5.65 Å². The summed E-state index contributed by atoms with van der Waals surface area (Å²) in [5, 5.41) is 11.7. The van der Waals surface area contributed by atoms with Gasteiger partial charge in [-0.25, -0.2) is 4.98 Å². The van der Waals surface area contributed by atoms with Gasteiger partial charge in [0.1, 0.15) is 11.6 Å². The molecule has 3 aromatic rings. The first-order valence-corrected chi connectivity index (χ1v) is 10.7. The minimum absolute atomic E-state index is 0.373. The highest BCUT2D eigenvalue weighted by atomic mass is 15.3. The molecule has 0 saturated carbocycles. The van der Waals surface area contributed by atoms with Gasteiger partial charge in [-0.1, -0.05) is 58.0 Å². The summed E-state index contributed by atoms with van der Waals surface area (Å²) in [7, 11) is 0. The summed E-state index contributed by atoms with van der Waals surface area (Å²) >= 11 is 0. The fraction of sp³-hybridized carbons (Fsp3) is 0.478. The van der Waals surface area contributed by atoms with Crippen molar-refractivity contribution >= 4 is 17.3 Å². The predicted octanol–water partition coefficient (Wildman–Crippen LogP) is 4.61. The third-order valence-corrected chi connectivity index (χ3v) is 5.16. The first kappa shape index (κ1) is 21.1. The maximum absolute atomic E-state index is 4.87. The van der Waals surface area contributed by atoms with Crippen molar-refractivity contribution in [1.82, 2.24) is 19.5 Å². The van der Waals surface area contributed by atoms with Gasteiger partial charge in [-0.05, 0) is 31.0 Å². The lowest BCUT2D eigenvalue weighted by molar-refractivity contribution is 0.300. The number of likely N-dealkylation sites (N-methyl/N-ethyl adjacent to an activating group) is 1. The number of aromatic nitrogens is 3. The van der Waals surface area contributed by atoms with Crippen molar-refractivity contribution in [3.05, 3.63) is 53.7 Å². The number of anilines is 2. The summed E-state index contributed by atoms with van der Waals surface area (Å²) in [5.74, 6) is 2.22. The molecule has 0 amide bonds. The second-order valence-electron chi connectivity index (χ2n) is 7.72. The normalized spacial score (nSPS) is 11.5. The minimum Gasteiger partial charge on any atom is -0.369 e. The molecule has 0 unspecified atom stereocenters. The molecule has 3 rings (SSSR count). The van der Waals surface area contributed by atoms with Gasteiger partial charge in [0.25, 0.3) is 0 Å². The van der Waals surface area contributed by atoms with Crippen molar-refractivity contribution < 1.29 is 0 Å². The van der Waals surface area contributed by atoms with Gasteiger partial charge in [-0.15, -0.1) is 0 Å². The Labute approximate surface area is 174 Å². The summed E-state index contributed by atoms with van der Waals surface area (Å²) in [5.41, 5.74) is 3.32. The lowest BCUT2D eigenvalue weighted by atomic mass is 10.1. The maximum Gasteiger partial charge on any atom is 0.163 e. The summed E-state index contributed by atoms with van der Waals surface area (Å²) in [6.45, 7) is 13.6. The van der Waals surface area contributed by atoms with Crippen LogP contribution in [0.4, 0.5) is 11.6 Å². The quantitative estimate of drug-likeness (QED) is 0.497. The summed E-state index contributed by atoms with van der Waals surface area (Å²) in [6, 6.07) is 12.5. The lowest BCUT2D eigenvalue weighted by Crippen LogP contribution is -2.29. The largest absolute Gasteiger partial charge is 0.369 e. The number of rotatable bonds is 11. The molecule has 2 aromatic heterocycles. The Bertz CT molecular complexity index is 887. The average Bonchev–Trinajstić information content (AvgIpc) is 3.16. The van der Waals surface area contributed by atoms with Crippen LogP contribution in [0, 0.1) is 0 Å². The number of fused-ring (bicyclic) bond motifs is 1. The summed E-state index contributed by atoms with van der Waals surface area (Å²) < 4.78 is 1.92. The number of nitrogens with one attached hydrogen (secondary N) is 2. The monoisotopic (exact) mass is 394 g/mol. The first-order chi connectivity index (χ1) is 14.1. The standard InChI is InChI=1S/C23H34N6/c1-5-13-28(6-2)14-12-24-21-15-22(25-16-19-10-8-7-9-11-19)29-23(27-21)20(17-26-29)18(3)4/h7-11,15,17-18,25H,5-6,12-14,16H2,1-4H3,(H,24,27). The molecule has 29 heavy (non-hydrogen) atoms. The molecule has 0 atom stereocenters. The van der Waals surface area contributed by atoms with Crippen molar-refractivity contribution in [3.63, 3.8) is 0 Å². The molecule has 6 heteroatoms. The van der Waals surface area contributed by atoms with Crippen LogP contribution in [-0.4, -0.2) is 45.7 Å². The van der Waals surface area contributed by atoms with Crippen LogP contribution in [0.1, 0.15) is 51.2 Å². The van der Waals surface area contributed by atoms with E-state index in [0.29, 0.717) is 5.92 Å². The van der Waals surface area contributed by atoms with Crippen LogP contribution in [0.2, 0.25) is 0 Å². The Morgan fingerprint density at radius 3 is 2.55 bits per heavy atom. The van der Waals surface area contributed by atoms with Gasteiger partial charge in [0.05, 0.1) is 6.20 Å². The average molecular weight is 395 g/mol. The Hall–Kier alpha value is -2.60. The zero-order valence-electron chi connectivity index (χ0n) is 18.2. The van der Waals surface area contributed by atoms with E-state index in [1.165, 1.54) is 12.0 Å². The van der Waals surface area contributed by atoms with E-state index in [4.69, 9.17) is 4.98 Å². The highest BCUT2D eigenvalue weighted by Gasteiger charge is 2.14. The van der Waals surface area contributed by atoms with E-state index >= 15 is 0 Å². The third kappa shape index (κ3) is 5.48. The van der Waals surface area contributed by atoms with Gasteiger partial charge in [0.2, 0.25) is 0 Å². The van der Waals surface area contributed by atoms with Crippen LogP contribution in [-0.2, 0) is 6.54 Å². The molecule has 156 valence electrons. The van der Waals surface area contributed by atoms with Crippen LogP contribution in [0.15, 0.2) is 42.6 Å². The molecule has 0 aliphatic carbocycles. The second kappa shape index (κ2) is 10.3. The predicted molar refractivity (Wildman–Crippen MR) is 122 cm³/mol. The molecule has 2 heterocycles. The fourth-order valence-electron chi connectivity index (χ4n) is 3.48. The minimum atomic E-state index is 0.373. The van der Waals surface area contributed by atoms with Gasteiger partial charge in [-0.3, -0.25) is 0 Å². The molecule has 6 nitrogen and oxygen atoms in total. The van der Waals surface area contributed by atoms with E-state index in [-0.39, 0.29) is 0 Å². The van der Waals surface area contributed by atoms with Crippen molar-refractivity contribution in [2.45, 2.75) is 46.6 Å². The van der Waals surface area contributed by atoms with Crippen molar-refractivity contribution in [2.24, 2.45) is 0 Å².